The highest BCUT2D eigenvalue weighted by atomic mass is 32.2. The molecular weight excluding hydrogens is 222 g/mol. The first-order valence-electron chi connectivity index (χ1n) is 4.92. The Bertz CT molecular complexity index is 313. The van der Waals surface area contributed by atoms with Crippen LogP contribution in [0.5, 0.6) is 0 Å². The molecule has 0 saturated carbocycles. The topological polar surface area (TPSA) is 72.9 Å². The standard InChI is InChI=1S/C8H15NO5S/c1-2-3-6-13-8(10)9-5-4-7-14-15(9,11)12/h2-7H2,1H3. The van der Waals surface area contributed by atoms with Gasteiger partial charge in [0.1, 0.15) is 0 Å². The van der Waals surface area contributed by atoms with Crippen molar-refractivity contribution >= 4 is 16.4 Å². The molecule has 0 bridgehead atoms. The van der Waals surface area contributed by atoms with Crippen LogP contribution < -0.4 is 0 Å². The molecule has 1 aliphatic heterocycles. The van der Waals surface area contributed by atoms with Crippen LogP contribution in [0.25, 0.3) is 0 Å². The monoisotopic (exact) mass is 237 g/mol. The molecule has 1 saturated heterocycles. The summed E-state index contributed by atoms with van der Waals surface area (Å²) in [5, 5.41) is 0. The molecule has 1 fully saturated rings. The van der Waals surface area contributed by atoms with Gasteiger partial charge in [-0.3, -0.25) is 4.18 Å². The van der Waals surface area contributed by atoms with Crippen LogP contribution >= 0.6 is 0 Å². The number of nitrogens with zero attached hydrogens (tertiary/aromatic N) is 1. The molecule has 88 valence electrons. The average molecular weight is 237 g/mol. The predicted octanol–water partition coefficient (Wildman–Crippen LogP) is 0.890. The van der Waals surface area contributed by atoms with E-state index in [4.69, 9.17) is 4.74 Å². The Hall–Kier alpha value is -0.820. The second-order valence-electron chi connectivity index (χ2n) is 3.17. The molecule has 0 aromatic rings. The van der Waals surface area contributed by atoms with E-state index < -0.39 is 16.4 Å². The Balaban J connectivity index is 2.50. The van der Waals surface area contributed by atoms with Gasteiger partial charge in [0.2, 0.25) is 0 Å². The fraction of sp³-hybridized carbons (Fsp3) is 0.875. The molecule has 0 unspecified atom stereocenters. The Morgan fingerprint density at radius 2 is 2.27 bits per heavy atom. The van der Waals surface area contributed by atoms with E-state index >= 15 is 0 Å². The van der Waals surface area contributed by atoms with Crippen LogP contribution in [0.1, 0.15) is 26.2 Å². The molecule has 1 heterocycles. The maximum atomic E-state index is 11.3. The molecule has 0 radical (unpaired) electrons. The SMILES string of the molecule is CCCCOC(=O)N1CCCOS1(=O)=O. The largest absolute Gasteiger partial charge is 0.449 e. The molecule has 1 rings (SSSR count). The van der Waals surface area contributed by atoms with Crippen molar-refractivity contribution in [2.45, 2.75) is 26.2 Å². The molecule has 15 heavy (non-hydrogen) atoms. The highest BCUT2D eigenvalue weighted by molar-refractivity contribution is 7.84. The fourth-order valence-electron chi connectivity index (χ4n) is 1.11. The summed E-state index contributed by atoms with van der Waals surface area (Å²) in [5.74, 6) is 0. The molecule has 1 aliphatic rings. The van der Waals surface area contributed by atoms with Gasteiger partial charge in [-0.05, 0) is 12.8 Å². The number of hydrogen-bond donors (Lipinski definition) is 0. The van der Waals surface area contributed by atoms with E-state index in [0.717, 1.165) is 12.8 Å². The number of carbonyl (C=O) groups is 1. The quantitative estimate of drug-likeness (QED) is 0.681. The minimum atomic E-state index is -3.90. The van der Waals surface area contributed by atoms with Crippen molar-refractivity contribution in [3.63, 3.8) is 0 Å². The Kier molecular flexibility index (Phi) is 4.34. The van der Waals surface area contributed by atoms with Gasteiger partial charge in [-0.2, -0.15) is 12.7 Å². The summed E-state index contributed by atoms with van der Waals surface area (Å²) in [4.78, 5) is 11.3. The van der Waals surface area contributed by atoms with Crippen LogP contribution in [0.15, 0.2) is 0 Å². The number of unbranched alkanes of at least 4 members (excludes halogenated alkanes) is 1. The van der Waals surface area contributed by atoms with E-state index in [1.54, 1.807) is 0 Å². The van der Waals surface area contributed by atoms with E-state index in [0.29, 0.717) is 10.7 Å². The lowest BCUT2D eigenvalue weighted by molar-refractivity contribution is 0.111. The first-order chi connectivity index (χ1) is 7.08. The summed E-state index contributed by atoms with van der Waals surface area (Å²) < 4.78 is 32.4. The van der Waals surface area contributed by atoms with E-state index in [1.807, 2.05) is 6.92 Å². The fourth-order valence-corrected chi connectivity index (χ4v) is 2.15. The van der Waals surface area contributed by atoms with Gasteiger partial charge < -0.3 is 4.74 Å². The van der Waals surface area contributed by atoms with Crippen LogP contribution in [0.3, 0.4) is 0 Å². The van der Waals surface area contributed by atoms with E-state index in [1.165, 1.54) is 0 Å². The van der Waals surface area contributed by atoms with Gasteiger partial charge in [0.25, 0.3) is 0 Å². The molecule has 6 nitrogen and oxygen atoms in total. The van der Waals surface area contributed by atoms with Crippen LogP contribution in [0.2, 0.25) is 0 Å². The zero-order valence-corrected chi connectivity index (χ0v) is 9.46. The van der Waals surface area contributed by atoms with E-state index in [2.05, 4.69) is 4.18 Å². The smallest absolute Gasteiger partial charge is 0.425 e. The number of amides is 1. The third-order valence-electron chi connectivity index (χ3n) is 1.93. The van der Waals surface area contributed by atoms with Crippen LogP contribution in [0.4, 0.5) is 4.79 Å². The summed E-state index contributed by atoms with van der Waals surface area (Å²) in [7, 11) is -3.90. The second-order valence-corrected chi connectivity index (χ2v) is 4.71. The number of rotatable bonds is 3. The minimum Gasteiger partial charge on any atom is -0.449 e. The molecule has 0 N–H and O–H groups in total. The van der Waals surface area contributed by atoms with Gasteiger partial charge in [0.05, 0.1) is 13.2 Å². The number of ether oxygens (including phenoxy) is 1. The predicted molar refractivity (Wildman–Crippen MR) is 52.5 cm³/mol. The third kappa shape index (κ3) is 3.35. The molecule has 7 heteroatoms. The van der Waals surface area contributed by atoms with Crippen molar-refractivity contribution in [1.29, 1.82) is 0 Å². The lowest BCUT2D eigenvalue weighted by atomic mass is 10.4. The van der Waals surface area contributed by atoms with Crippen molar-refractivity contribution in [1.82, 2.24) is 4.31 Å². The maximum Gasteiger partial charge on any atom is 0.425 e. The molecular formula is C8H15NO5S. The molecule has 1 amide bonds. The zero-order valence-electron chi connectivity index (χ0n) is 8.64. The average Bonchev–Trinajstić information content (AvgIpc) is 2.17. The van der Waals surface area contributed by atoms with Crippen molar-refractivity contribution in [2.24, 2.45) is 0 Å². The van der Waals surface area contributed by atoms with Gasteiger partial charge in [0, 0.05) is 6.54 Å². The second kappa shape index (κ2) is 5.32. The van der Waals surface area contributed by atoms with Crippen molar-refractivity contribution in [2.75, 3.05) is 19.8 Å². The molecule has 0 spiro atoms. The van der Waals surface area contributed by atoms with Crippen LogP contribution in [-0.4, -0.2) is 38.6 Å². The van der Waals surface area contributed by atoms with Crippen LogP contribution in [-0.2, 0) is 19.2 Å². The minimum absolute atomic E-state index is 0.126. The summed E-state index contributed by atoms with van der Waals surface area (Å²) in [6.07, 6.45) is 1.27. The molecule has 0 atom stereocenters. The lowest BCUT2D eigenvalue weighted by Gasteiger charge is -2.24. The Labute approximate surface area is 89.4 Å². The number of hydrogen-bond acceptors (Lipinski definition) is 5. The summed E-state index contributed by atoms with van der Waals surface area (Å²) >= 11 is 0. The molecule has 0 aromatic carbocycles. The lowest BCUT2D eigenvalue weighted by Crippen LogP contribution is -2.42. The molecule has 0 aliphatic carbocycles. The first kappa shape index (κ1) is 12.3. The first-order valence-corrected chi connectivity index (χ1v) is 6.28. The van der Waals surface area contributed by atoms with Gasteiger partial charge in [-0.1, -0.05) is 13.3 Å². The Morgan fingerprint density at radius 1 is 1.53 bits per heavy atom. The zero-order chi connectivity index (χ0) is 11.3. The van der Waals surface area contributed by atoms with Gasteiger partial charge in [-0.15, -0.1) is 0 Å². The van der Waals surface area contributed by atoms with Crippen LogP contribution in [0, 0.1) is 0 Å². The van der Waals surface area contributed by atoms with E-state index in [9.17, 15) is 13.2 Å². The highest BCUT2D eigenvalue weighted by Crippen LogP contribution is 2.13. The summed E-state index contributed by atoms with van der Waals surface area (Å²) in [6, 6.07) is 0. The van der Waals surface area contributed by atoms with Gasteiger partial charge in [0.15, 0.2) is 0 Å². The van der Waals surface area contributed by atoms with E-state index in [-0.39, 0.29) is 19.8 Å². The third-order valence-corrected chi connectivity index (χ3v) is 3.27. The van der Waals surface area contributed by atoms with Crippen molar-refractivity contribution in [3.8, 4) is 0 Å². The van der Waals surface area contributed by atoms with Crippen molar-refractivity contribution in [3.05, 3.63) is 0 Å². The van der Waals surface area contributed by atoms with Gasteiger partial charge in [-0.25, -0.2) is 4.79 Å². The maximum absolute atomic E-state index is 11.3. The summed E-state index contributed by atoms with van der Waals surface area (Å²) in [5.41, 5.74) is 0. The number of carbonyl (C=O) groups excluding carboxylic acids is 1. The van der Waals surface area contributed by atoms with Gasteiger partial charge >= 0.3 is 16.4 Å². The highest BCUT2D eigenvalue weighted by Gasteiger charge is 2.32. The normalized spacial score (nSPS) is 19.9. The molecule has 0 aromatic heterocycles. The Morgan fingerprint density at radius 3 is 2.87 bits per heavy atom. The van der Waals surface area contributed by atoms with Crippen molar-refractivity contribution < 1.29 is 22.1 Å². The summed E-state index contributed by atoms with van der Waals surface area (Å²) in [6.45, 7) is 2.45.